The van der Waals surface area contributed by atoms with Crippen molar-refractivity contribution < 1.29 is 9.53 Å². The summed E-state index contributed by atoms with van der Waals surface area (Å²) in [5, 5.41) is 3.05. The van der Waals surface area contributed by atoms with Gasteiger partial charge in [0, 0.05) is 32.7 Å². The van der Waals surface area contributed by atoms with Crippen LogP contribution in [-0.2, 0) is 6.42 Å². The number of piperazine rings is 1. The van der Waals surface area contributed by atoms with E-state index in [0.717, 1.165) is 44.0 Å². The molecule has 0 aliphatic carbocycles. The van der Waals surface area contributed by atoms with E-state index in [4.69, 9.17) is 4.74 Å². The number of amides is 2. The lowest BCUT2D eigenvalue weighted by Crippen LogP contribution is -2.52. The molecule has 2 aromatic rings. The molecule has 0 aromatic heterocycles. The van der Waals surface area contributed by atoms with Crippen LogP contribution in [0, 0.1) is 6.92 Å². The average molecular weight is 367 g/mol. The minimum atomic E-state index is 0.0281. The molecule has 0 spiro atoms. The second-order valence-corrected chi connectivity index (χ2v) is 6.85. The summed E-state index contributed by atoms with van der Waals surface area (Å²) < 4.78 is 5.73. The van der Waals surface area contributed by atoms with Crippen molar-refractivity contribution in [1.29, 1.82) is 0 Å². The number of nitrogens with zero attached hydrogens (tertiary/aromatic N) is 2. The molecule has 0 saturated carbocycles. The van der Waals surface area contributed by atoms with E-state index < -0.39 is 0 Å². The van der Waals surface area contributed by atoms with E-state index in [1.807, 2.05) is 30.0 Å². The molecule has 2 amide bonds. The first-order chi connectivity index (χ1) is 13.2. The minimum absolute atomic E-state index is 0.0281. The number of nitrogens with one attached hydrogen (secondary N) is 1. The van der Waals surface area contributed by atoms with E-state index in [0.29, 0.717) is 13.2 Å². The van der Waals surface area contributed by atoms with E-state index in [1.165, 1.54) is 11.1 Å². The van der Waals surface area contributed by atoms with Crippen LogP contribution in [0.5, 0.6) is 5.75 Å². The predicted octanol–water partition coefficient (Wildman–Crippen LogP) is 3.47. The largest absolute Gasteiger partial charge is 0.492 e. The SMILES string of the molecule is CCOc1ccccc1N1CCN(C(=O)NCCc2cccc(C)c2)CC1. The zero-order valence-electron chi connectivity index (χ0n) is 16.3. The lowest BCUT2D eigenvalue weighted by atomic mass is 10.1. The number of ether oxygens (including phenoxy) is 1. The fourth-order valence-electron chi connectivity index (χ4n) is 3.44. The van der Waals surface area contributed by atoms with Gasteiger partial charge in [0.05, 0.1) is 12.3 Å². The summed E-state index contributed by atoms with van der Waals surface area (Å²) in [4.78, 5) is 16.6. The van der Waals surface area contributed by atoms with Crippen LogP contribution in [-0.4, -0.2) is 50.3 Å². The Morgan fingerprint density at radius 2 is 1.85 bits per heavy atom. The predicted molar refractivity (Wildman–Crippen MR) is 110 cm³/mol. The van der Waals surface area contributed by atoms with Gasteiger partial charge in [0.25, 0.3) is 0 Å². The van der Waals surface area contributed by atoms with Gasteiger partial charge in [0.1, 0.15) is 5.75 Å². The molecule has 0 atom stereocenters. The first-order valence-corrected chi connectivity index (χ1v) is 9.72. The quantitative estimate of drug-likeness (QED) is 0.850. The molecule has 144 valence electrons. The monoisotopic (exact) mass is 367 g/mol. The standard InChI is InChI=1S/C22H29N3O2/c1-3-27-21-10-5-4-9-20(21)24-13-15-25(16-14-24)22(26)23-12-11-19-8-6-7-18(2)17-19/h4-10,17H,3,11-16H2,1-2H3,(H,23,26). The third-order valence-electron chi connectivity index (χ3n) is 4.85. The molecule has 1 aliphatic heterocycles. The molecular weight excluding hydrogens is 338 g/mol. The molecular formula is C22H29N3O2. The van der Waals surface area contributed by atoms with Crippen molar-refractivity contribution in [2.24, 2.45) is 0 Å². The topological polar surface area (TPSA) is 44.8 Å². The van der Waals surface area contributed by atoms with Gasteiger partial charge in [-0.25, -0.2) is 4.79 Å². The van der Waals surface area contributed by atoms with E-state index >= 15 is 0 Å². The third kappa shape index (κ3) is 5.16. The number of hydrogen-bond acceptors (Lipinski definition) is 3. The van der Waals surface area contributed by atoms with Gasteiger partial charge < -0.3 is 19.9 Å². The highest BCUT2D eigenvalue weighted by molar-refractivity contribution is 5.74. The van der Waals surface area contributed by atoms with Crippen molar-refractivity contribution in [2.75, 3.05) is 44.2 Å². The zero-order chi connectivity index (χ0) is 19.1. The second kappa shape index (κ2) is 9.31. The molecule has 1 N–H and O–H groups in total. The first-order valence-electron chi connectivity index (χ1n) is 9.72. The van der Waals surface area contributed by atoms with Crippen LogP contribution in [0.3, 0.4) is 0 Å². The van der Waals surface area contributed by atoms with Crippen molar-refractivity contribution in [3.05, 3.63) is 59.7 Å². The van der Waals surface area contributed by atoms with E-state index in [1.54, 1.807) is 0 Å². The van der Waals surface area contributed by atoms with Crippen molar-refractivity contribution >= 4 is 11.7 Å². The summed E-state index contributed by atoms with van der Waals surface area (Å²) >= 11 is 0. The summed E-state index contributed by atoms with van der Waals surface area (Å²) in [6.07, 6.45) is 0.856. The maximum Gasteiger partial charge on any atom is 0.317 e. The van der Waals surface area contributed by atoms with Gasteiger partial charge in [-0.2, -0.15) is 0 Å². The first kappa shape index (κ1) is 19.1. The molecule has 1 fully saturated rings. The van der Waals surface area contributed by atoms with Crippen LogP contribution in [0.4, 0.5) is 10.5 Å². The van der Waals surface area contributed by atoms with Crippen LogP contribution in [0.2, 0.25) is 0 Å². The Hall–Kier alpha value is -2.69. The summed E-state index contributed by atoms with van der Waals surface area (Å²) in [6.45, 7) is 8.47. The molecule has 5 nitrogen and oxygen atoms in total. The molecule has 1 heterocycles. The minimum Gasteiger partial charge on any atom is -0.492 e. The lowest BCUT2D eigenvalue weighted by molar-refractivity contribution is 0.194. The summed E-state index contributed by atoms with van der Waals surface area (Å²) in [5.41, 5.74) is 3.62. The fourth-order valence-corrected chi connectivity index (χ4v) is 3.44. The molecule has 2 aromatic carbocycles. The molecule has 3 rings (SSSR count). The van der Waals surface area contributed by atoms with Gasteiger partial charge in [0.15, 0.2) is 0 Å². The van der Waals surface area contributed by atoms with E-state index in [2.05, 4.69) is 47.5 Å². The lowest BCUT2D eigenvalue weighted by Gasteiger charge is -2.36. The van der Waals surface area contributed by atoms with Gasteiger partial charge >= 0.3 is 6.03 Å². The highest BCUT2D eigenvalue weighted by Crippen LogP contribution is 2.28. The van der Waals surface area contributed by atoms with Crippen LogP contribution in [0.25, 0.3) is 0 Å². The van der Waals surface area contributed by atoms with Crippen LogP contribution in [0.15, 0.2) is 48.5 Å². The van der Waals surface area contributed by atoms with Crippen molar-refractivity contribution in [1.82, 2.24) is 10.2 Å². The molecule has 5 heteroatoms. The maximum absolute atomic E-state index is 12.4. The van der Waals surface area contributed by atoms with Crippen molar-refractivity contribution in [2.45, 2.75) is 20.3 Å². The second-order valence-electron chi connectivity index (χ2n) is 6.85. The van der Waals surface area contributed by atoms with Crippen molar-refractivity contribution in [3.63, 3.8) is 0 Å². The van der Waals surface area contributed by atoms with E-state index in [-0.39, 0.29) is 6.03 Å². The maximum atomic E-state index is 12.4. The van der Waals surface area contributed by atoms with Crippen molar-refractivity contribution in [3.8, 4) is 5.75 Å². The molecule has 0 unspecified atom stereocenters. The highest BCUT2D eigenvalue weighted by Gasteiger charge is 2.22. The smallest absolute Gasteiger partial charge is 0.317 e. The van der Waals surface area contributed by atoms with Gasteiger partial charge in [-0.15, -0.1) is 0 Å². The normalized spacial score (nSPS) is 14.1. The average Bonchev–Trinajstić information content (AvgIpc) is 2.69. The highest BCUT2D eigenvalue weighted by atomic mass is 16.5. The number of anilines is 1. The zero-order valence-corrected chi connectivity index (χ0v) is 16.3. The van der Waals surface area contributed by atoms with Gasteiger partial charge in [-0.3, -0.25) is 0 Å². The summed E-state index contributed by atoms with van der Waals surface area (Å²) in [6, 6.07) is 16.6. The Labute approximate surface area is 161 Å². The molecule has 27 heavy (non-hydrogen) atoms. The molecule has 0 bridgehead atoms. The Balaban J connectivity index is 1.47. The van der Waals surface area contributed by atoms with Gasteiger partial charge in [-0.1, -0.05) is 42.0 Å². The van der Waals surface area contributed by atoms with Gasteiger partial charge in [-0.05, 0) is 38.0 Å². The number of carbonyl (C=O) groups is 1. The van der Waals surface area contributed by atoms with E-state index in [9.17, 15) is 4.79 Å². The number of hydrogen-bond donors (Lipinski definition) is 1. The molecule has 0 radical (unpaired) electrons. The Morgan fingerprint density at radius 3 is 2.59 bits per heavy atom. The number of carbonyl (C=O) groups excluding carboxylic acids is 1. The Morgan fingerprint density at radius 1 is 1.07 bits per heavy atom. The number of rotatable bonds is 6. The number of para-hydroxylation sites is 2. The van der Waals surface area contributed by atoms with Gasteiger partial charge in [0.2, 0.25) is 0 Å². The Bertz CT molecular complexity index is 755. The fraction of sp³-hybridized carbons (Fsp3) is 0.409. The number of aryl methyl sites for hydroxylation is 1. The molecule has 1 aliphatic rings. The Kier molecular flexibility index (Phi) is 6.58. The summed E-state index contributed by atoms with van der Waals surface area (Å²) in [7, 11) is 0. The summed E-state index contributed by atoms with van der Waals surface area (Å²) in [5.74, 6) is 0.913. The van der Waals surface area contributed by atoms with Crippen LogP contribution >= 0.6 is 0 Å². The number of benzene rings is 2. The van der Waals surface area contributed by atoms with Crippen LogP contribution in [0.1, 0.15) is 18.1 Å². The third-order valence-corrected chi connectivity index (χ3v) is 4.85. The molecule has 1 saturated heterocycles. The van der Waals surface area contributed by atoms with Crippen LogP contribution < -0.4 is 15.0 Å². The number of urea groups is 1.